The summed E-state index contributed by atoms with van der Waals surface area (Å²) in [6.45, 7) is 10.2. The van der Waals surface area contributed by atoms with Crippen LogP contribution in [0.5, 0.6) is 0 Å². The van der Waals surface area contributed by atoms with Gasteiger partial charge >= 0.3 is 0 Å². The predicted octanol–water partition coefficient (Wildman–Crippen LogP) is 1.93. The molecule has 6 nitrogen and oxygen atoms in total. The van der Waals surface area contributed by atoms with Crippen LogP contribution < -0.4 is 10.2 Å². The number of anilines is 2. The summed E-state index contributed by atoms with van der Waals surface area (Å²) in [5.74, 6) is 1.68. The summed E-state index contributed by atoms with van der Waals surface area (Å²) in [6, 6.07) is 7.96. The summed E-state index contributed by atoms with van der Waals surface area (Å²) < 4.78 is 0. The number of likely N-dealkylation sites (N-methyl/N-ethyl adjacent to an activating group) is 1. The first-order valence-electron chi connectivity index (χ1n) is 8.21. The number of nitrogens with zero attached hydrogens (tertiary/aromatic N) is 5. The maximum atomic E-state index is 4.68. The Morgan fingerprint density at radius 3 is 2.65 bits per heavy atom. The third kappa shape index (κ3) is 4.16. The molecule has 2 aromatic rings. The molecule has 1 saturated heterocycles. The van der Waals surface area contributed by atoms with Gasteiger partial charge in [-0.25, -0.2) is 4.98 Å². The predicted molar refractivity (Wildman–Crippen MR) is 92.7 cm³/mol. The highest BCUT2D eigenvalue weighted by Crippen LogP contribution is 2.17. The first kappa shape index (κ1) is 15.7. The van der Waals surface area contributed by atoms with Crippen LogP contribution in [0.4, 0.5) is 11.8 Å². The van der Waals surface area contributed by atoms with Crippen LogP contribution in [0, 0.1) is 6.92 Å². The average molecular weight is 312 g/mol. The van der Waals surface area contributed by atoms with Gasteiger partial charge in [-0.05, 0) is 25.6 Å². The van der Waals surface area contributed by atoms with E-state index in [4.69, 9.17) is 0 Å². The van der Waals surface area contributed by atoms with E-state index in [0.717, 1.165) is 49.9 Å². The molecule has 6 heteroatoms. The van der Waals surface area contributed by atoms with Crippen molar-refractivity contribution in [2.75, 3.05) is 42.9 Å². The Bertz CT molecular complexity index is 622. The van der Waals surface area contributed by atoms with Crippen molar-refractivity contribution in [3.05, 3.63) is 41.9 Å². The van der Waals surface area contributed by atoms with Gasteiger partial charge in [-0.15, -0.1) is 0 Å². The van der Waals surface area contributed by atoms with Gasteiger partial charge in [0.15, 0.2) is 0 Å². The quantitative estimate of drug-likeness (QED) is 0.910. The molecule has 3 heterocycles. The smallest absolute Gasteiger partial charge is 0.225 e. The average Bonchev–Trinajstić information content (AvgIpc) is 2.60. The van der Waals surface area contributed by atoms with Gasteiger partial charge in [0.25, 0.3) is 0 Å². The van der Waals surface area contributed by atoms with Gasteiger partial charge in [0, 0.05) is 44.1 Å². The third-order valence-electron chi connectivity index (χ3n) is 4.14. The van der Waals surface area contributed by atoms with E-state index in [0.29, 0.717) is 12.5 Å². The van der Waals surface area contributed by atoms with E-state index < -0.39 is 0 Å². The van der Waals surface area contributed by atoms with E-state index >= 15 is 0 Å². The lowest BCUT2D eigenvalue weighted by molar-refractivity contribution is 0.270. The molecule has 0 atom stereocenters. The Balaban J connectivity index is 1.67. The van der Waals surface area contributed by atoms with E-state index in [-0.39, 0.29) is 0 Å². The van der Waals surface area contributed by atoms with Gasteiger partial charge in [0.2, 0.25) is 5.95 Å². The summed E-state index contributed by atoms with van der Waals surface area (Å²) in [5, 5.41) is 3.28. The molecule has 1 aliphatic rings. The second kappa shape index (κ2) is 7.37. The fraction of sp³-hybridized carbons (Fsp3) is 0.471. The van der Waals surface area contributed by atoms with Crippen LogP contribution in [0.15, 0.2) is 30.5 Å². The molecule has 0 unspecified atom stereocenters. The van der Waals surface area contributed by atoms with Crippen LogP contribution in [-0.2, 0) is 6.54 Å². The molecule has 2 aromatic heterocycles. The van der Waals surface area contributed by atoms with Gasteiger partial charge in [-0.1, -0.05) is 13.0 Å². The minimum absolute atomic E-state index is 0.632. The van der Waals surface area contributed by atoms with E-state index in [9.17, 15) is 0 Å². The van der Waals surface area contributed by atoms with Gasteiger partial charge in [-0.2, -0.15) is 4.98 Å². The molecule has 1 fully saturated rings. The van der Waals surface area contributed by atoms with Crippen molar-refractivity contribution >= 4 is 11.8 Å². The zero-order chi connectivity index (χ0) is 16.1. The molecule has 0 radical (unpaired) electrons. The first-order chi connectivity index (χ1) is 11.2. The molecule has 0 aliphatic carbocycles. The number of aromatic nitrogens is 3. The fourth-order valence-electron chi connectivity index (χ4n) is 2.76. The van der Waals surface area contributed by atoms with Crippen LogP contribution in [0.3, 0.4) is 0 Å². The van der Waals surface area contributed by atoms with Crippen LogP contribution >= 0.6 is 0 Å². The number of aryl methyl sites for hydroxylation is 1. The van der Waals surface area contributed by atoms with E-state index in [1.54, 1.807) is 6.20 Å². The minimum atomic E-state index is 0.632. The Morgan fingerprint density at radius 1 is 1.13 bits per heavy atom. The molecular formula is C17H24N6. The Kier molecular flexibility index (Phi) is 5.02. The third-order valence-corrected chi connectivity index (χ3v) is 4.14. The summed E-state index contributed by atoms with van der Waals surface area (Å²) in [5.41, 5.74) is 1.96. The Labute approximate surface area is 137 Å². The van der Waals surface area contributed by atoms with Crippen molar-refractivity contribution in [2.45, 2.75) is 20.4 Å². The lowest BCUT2D eigenvalue weighted by Gasteiger charge is -2.34. The van der Waals surface area contributed by atoms with Crippen molar-refractivity contribution in [1.82, 2.24) is 19.9 Å². The minimum Gasteiger partial charge on any atom is -0.354 e. The highest BCUT2D eigenvalue weighted by molar-refractivity contribution is 5.45. The SMILES string of the molecule is CCN1CCN(c2cc(C)nc(NCc3ccccn3)n2)CC1. The summed E-state index contributed by atoms with van der Waals surface area (Å²) >= 11 is 0. The van der Waals surface area contributed by atoms with Crippen LogP contribution in [-0.4, -0.2) is 52.6 Å². The standard InChI is InChI=1S/C17H24N6/c1-3-22-8-10-23(11-9-22)16-12-14(2)20-17(21-16)19-13-15-6-4-5-7-18-15/h4-7,12H,3,8-11,13H2,1-2H3,(H,19,20,21). The van der Waals surface area contributed by atoms with Crippen molar-refractivity contribution in [1.29, 1.82) is 0 Å². The van der Waals surface area contributed by atoms with Gasteiger partial charge in [-0.3, -0.25) is 4.98 Å². The molecule has 1 N–H and O–H groups in total. The largest absolute Gasteiger partial charge is 0.354 e. The van der Waals surface area contributed by atoms with E-state index in [1.165, 1.54) is 0 Å². The Hall–Kier alpha value is -2.21. The molecule has 23 heavy (non-hydrogen) atoms. The van der Waals surface area contributed by atoms with Gasteiger partial charge < -0.3 is 15.1 Å². The van der Waals surface area contributed by atoms with Crippen molar-refractivity contribution in [3.8, 4) is 0 Å². The second-order valence-corrected chi connectivity index (χ2v) is 5.79. The maximum absolute atomic E-state index is 4.68. The zero-order valence-electron chi connectivity index (χ0n) is 13.9. The van der Waals surface area contributed by atoms with Gasteiger partial charge in [0.1, 0.15) is 5.82 Å². The monoisotopic (exact) mass is 312 g/mol. The lowest BCUT2D eigenvalue weighted by atomic mass is 10.3. The molecule has 0 amide bonds. The van der Waals surface area contributed by atoms with Crippen LogP contribution in [0.1, 0.15) is 18.3 Å². The number of rotatable bonds is 5. The Morgan fingerprint density at radius 2 is 1.96 bits per heavy atom. The molecule has 122 valence electrons. The van der Waals surface area contributed by atoms with E-state index in [2.05, 4.69) is 43.1 Å². The number of hydrogen-bond acceptors (Lipinski definition) is 6. The van der Waals surface area contributed by atoms with E-state index in [1.807, 2.05) is 25.1 Å². The van der Waals surface area contributed by atoms with Crippen LogP contribution in [0.25, 0.3) is 0 Å². The topological polar surface area (TPSA) is 57.2 Å². The zero-order valence-corrected chi connectivity index (χ0v) is 13.9. The molecule has 0 bridgehead atoms. The molecule has 0 aromatic carbocycles. The molecular weight excluding hydrogens is 288 g/mol. The second-order valence-electron chi connectivity index (χ2n) is 5.79. The van der Waals surface area contributed by atoms with Gasteiger partial charge in [0.05, 0.1) is 12.2 Å². The fourth-order valence-corrected chi connectivity index (χ4v) is 2.76. The van der Waals surface area contributed by atoms with Crippen LogP contribution in [0.2, 0.25) is 0 Å². The summed E-state index contributed by atoms with van der Waals surface area (Å²) in [7, 11) is 0. The highest BCUT2D eigenvalue weighted by Gasteiger charge is 2.17. The molecule has 0 spiro atoms. The first-order valence-corrected chi connectivity index (χ1v) is 8.21. The highest BCUT2D eigenvalue weighted by atomic mass is 15.3. The lowest BCUT2D eigenvalue weighted by Crippen LogP contribution is -2.46. The molecule has 1 aliphatic heterocycles. The summed E-state index contributed by atoms with van der Waals surface area (Å²) in [4.78, 5) is 18.3. The van der Waals surface area contributed by atoms with Crippen molar-refractivity contribution < 1.29 is 0 Å². The number of hydrogen-bond donors (Lipinski definition) is 1. The number of pyridine rings is 1. The van der Waals surface area contributed by atoms with Crippen molar-refractivity contribution in [2.24, 2.45) is 0 Å². The van der Waals surface area contributed by atoms with Crippen molar-refractivity contribution in [3.63, 3.8) is 0 Å². The number of piperazine rings is 1. The molecule has 3 rings (SSSR count). The number of nitrogens with one attached hydrogen (secondary N) is 1. The normalized spacial score (nSPS) is 15.7. The maximum Gasteiger partial charge on any atom is 0.225 e. The molecule has 0 saturated carbocycles. The summed E-state index contributed by atoms with van der Waals surface area (Å²) in [6.07, 6.45) is 1.80.